The SMILES string of the molecule is CCCCCCCCCCCCCCCc1cccc(Oc2ccc(N)cc2N)c1. The molecule has 0 radical (unpaired) electrons. The van der Waals surface area contributed by atoms with E-state index in [1.165, 1.54) is 89.0 Å². The predicted octanol–water partition coefficient (Wildman–Crippen LogP) is 8.28. The number of unbranched alkanes of at least 4 members (excludes halogenated alkanes) is 12. The largest absolute Gasteiger partial charge is 0.455 e. The minimum atomic E-state index is 0.567. The van der Waals surface area contributed by atoms with Crippen molar-refractivity contribution >= 4 is 11.4 Å². The van der Waals surface area contributed by atoms with Gasteiger partial charge in [-0.2, -0.15) is 0 Å². The van der Waals surface area contributed by atoms with Crippen LogP contribution in [0.4, 0.5) is 11.4 Å². The zero-order chi connectivity index (χ0) is 21.4. The Morgan fingerprint density at radius 3 is 1.87 bits per heavy atom. The fourth-order valence-corrected chi connectivity index (χ4v) is 3.90. The lowest BCUT2D eigenvalue weighted by molar-refractivity contribution is 0.484. The number of hydrogen-bond donors (Lipinski definition) is 2. The van der Waals surface area contributed by atoms with Crippen LogP contribution in [-0.4, -0.2) is 0 Å². The summed E-state index contributed by atoms with van der Waals surface area (Å²) in [5.41, 5.74) is 14.3. The molecule has 0 saturated carbocycles. The van der Waals surface area contributed by atoms with E-state index in [9.17, 15) is 0 Å². The summed E-state index contributed by atoms with van der Waals surface area (Å²) in [6.07, 6.45) is 19.1. The zero-order valence-corrected chi connectivity index (χ0v) is 19.0. The fourth-order valence-electron chi connectivity index (χ4n) is 3.90. The highest BCUT2D eigenvalue weighted by Crippen LogP contribution is 2.29. The molecule has 0 spiro atoms. The molecule has 2 rings (SSSR count). The fraction of sp³-hybridized carbons (Fsp3) is 0.556. The van der Waals surface area contributed by atoms with Crippen LogP contribution in [-0.2, 0) is 6.42 Å². The molecule has 0 heterocycles. The van der Waals surface area contributed by atoms with Gasteiger partial charge in [0, 0.05) is 5.69 Å². The monoisotopic (exact) mass is 410 g/mol. The molecule has 30 heavy (non-hydrogen) atoms. The van der Waals surface area contributed by atoms with E-state index in [1.807, 2.05) is 18.2 Å². The second-order valence-electron chi connectivity index (χ2n) is 8.54. The molecule has 0 aliphatic rings. The topological polar surface area (TPSA) is 61.3 Å². The van der Waals surface area contributed by atoms with Gasteiger partial charge in [0.1, 0.15) is 11.5 Å². The average molecular weight is 411 g/mol. The smallest absolute Gasteiger partial charge is 0.150 e. The van der Waals surface area contributed by atoms with Gasteiger partial charge in [0.25, 0.3) is 0 Å². The van der Waals surface area contributed by atoms with E-state index in [0.29, 0.717) is 17.1 Å². The van der Waals surface area contributed by atoms with Crippen molar-refractivity contribution in [3.8, 4) is 11.5 Å². The lowest BCUT2D eigenvalue weighted by Gasteiger charge is -2.10. The van der Waals surface area contributed by atoms with Gasteiger partial charge in [-0.25, -0.2) is 0 Å². The molecule has 0 fully saturated rings. The highest BCUT2D eigenvalue weighted by molar-refractivity contribution is 5.61. The first kappa shape index (κ1) is 24.1. The van der Waals surface area contributed by atoms with Gasteiger partial charge in [-0.15, -0.1) is 0 Å². The van der Waals surface area contributed by atoms with Crippen molar-refractivity contribution in [2.45, 2.75) is 96.8 Å². The Labute approximate surface area is 184 Å². The maximum atomic E-state index is 5.99. The first-order valence-corrected chi connectivity index (χ1v) is 12.1. The molecule has 3 nitrogen and oxygen atoms in total. The summed E-state index contributed by atoms with van der Waals surface area (Å²) < 4.78 is 5.94. The summed E-state index contributed by atoms with van der Waals surface area (Å²) in [7, 11) is 0. The Morgan fingerprint density at radius 1 is 0.667 bits per heavy atom. The minimum absolute atomic E-state index is 0.567. The number of aryl methyl sites for hydroxylation is 1. The molecule has 2 aromatic carbocycles. The Balaban J connectivity index is 1.54. The first-order valence-electron chi connectivity index (χ1n) is 12.1. The van der Waals surface area contributed by atoms with E-state index >= 15 is 0 Å². The van der Waals surface area contributed by atoms with Crippen LogP contribution in [0, 0.1) is 0 Å². The summed E-state index contributed by atoms with van der Waals surface area (Å²) in [5, 5.41) is 0. The van der Waals surface area contributed by atoms with Crippen LogP contribution in [0.1, 0.15) is 96.0 Å². The van der Waals surface area contributed by atoms with Gasteiger partial charge in [-0.1, -0.05) is 96.1 Å². The van der Waals surface area contributed by atoms with E-state index in [4.69, 9.17) is 16.2 Å². The van der Waals surface area contributed by atoms with Crippen LogP contribution in [0.15, 0.2) is 42.5 Å². The van der Waals surface area contributed by atoms with Crippen LogP contribution in [0.25, 0.3) is 0 Å². The van der Waals surface area contributed by atoms with Crippen LogP contribution >= 0.6 is 0 Å². The Bertz CT molecular complexity index is 714. The summed E-state index contributed by atoms with van der Waals surface area (Å²) in [6.45, 7) is 2.28. The Kier molecular flexibility index (Phi) is 11.9. The number of anilines is 2. The second-order valence-corrected chi connectivity index (χ2v) is 8.54. The molecule has 0 saturated heterocycles. The number of rotatable bonds is 16. The van der Waals surface area contributed by atoms with E-state index in [0.717, 1.165) is 12.2 Å². The molecule has 4 N–H and O–H groups in total. The van der Waals surface area contributed by atoms with Gasteiger partial charge in [-0.05, 0) is 48.7 Å². The lowest BCUT2D eigenvalue weighted by atomic mass is 10.0. The summed E-state index contributed by atoms with van der Waals surface area (Å²) >= 11 is 0. The van der Waals surface area contributed by atoms with Crippen molar-refractivity contribution in [3.05, 3.63) is 48.0 Å². The zero-order valence-electron chi connectivity index (χ0n) is 19.0. The standard InChI is InChI=1S/C27H42N2O/c1-2-3-4-5-6-7-8-9-10-11-12-13-14-16-23-17-15-18-25(21-23)30-27-20-19-24(28)22-26(27)29/h15,17-22H,2-14,16,28-29H2,1H3. The molecule has 0 bridgehead atoms. The molecule has 166 valence electrons. The Morgan fingerprint density at radius 2 is 1.27 bits per heavy atom. The van der Waals surface area contributed by atoms with E-state index in [2.05, 4.69) is 25.1 Å². The second kappa shape index (κ2) is 14.8. The molecule has 0 unspecified atom stereocenters. The molecule has 0 aliphatic heterocycles. The van der Waals surface area contributed by atoms with Crippen molar-refractivity contribution < 1.29 is 4.74 Å². The molecule has 0 amide bonds. The van der Waals surface area contributed by atoms with Gasteiger partial charge < -0.3 is 16.2 Å². The molecule has 3 heteroatoms. The van der Waals surface area contributed by atoms with Crippen LogP contribution in [0.2, 0.25) is 0 Å². The number of benzene rings is 2. The molecule has 0 aromatic heterocycles. The highest BCUT2D eigenvalue weighted by Gasteiger charge is 2.04. The average Bonchev–Trinajstić information content (AvgIpc) is 2.74. The lowest BCUT2D eigenvalue weighted by Crippen LogP contribution is -1.95. The quantitative estimate of drug-likeness (QED) is 0.216. The van der Waals surface area contributed by atoms with Crippen LogP contribution in [0.3, 0.4) is 0 Å². The van der Waals surface area contributed by atoms with Crippen LogP contribution in [0.5, 0.6) is 11.5 Å². The maximum absolute atomic E-state index is 5.99. The van der Waals surface area contributed by atoms with Crippen molar-refractivity contribution in [3.63, 3.8) is 0 Å². The molecule has 0 atom stereocenters. The predicted molar refractivity (Wildman–Crippen MR) is 131 cm³/mol. The third kappa shape index (κ3) is 10.0. The third-order valence-corrected chi connectivity index (χ3v) is 5.73. The summed E-state index contributed by atoms with van der Waals surface area (Å²) in [5.74, 6) is 1.49. The number of nitrogen functional groups attached to an aromatic ring is 2. The van der Waals surface area contributed by atoms with Crippen molar-refractivity contribution in [2.75, 3.05) is 11.5 Å². The molecular formula is C27H42N2O. The normalized spacial score (nSPS) is 11.0. The van der Waals surface area contributed by atoms with Gasteiger partial charge in [-0.3, -0.25) is 0 Å². The van der Waals surface area contributed by atoms with Crippen molar-refractivity contribution in [1.82, 2.24) is 0 Å². The summed E-state index contributed by atoms with van der Waals surface area (Å²) in [4.78, 5) is 0. The number of ether oxygens (including phenoxy) is 1. The minimum Gasteiger partial charge on any atom is -0.455 e. The van der Waals surface area contributed by atoms with E-state index < -0.39 is 0 Å². The van der Waals surface area contributed by atoms with Gasteiger partial charge >= 0.3 is 0 Å². The van der Waals surface area contributed by atoms with E-state index in [1.54, 1.807) is 6.07 Å². The van der Waals surface area contributed by atoms with Crippen molar-refractivity contribution in [1.29, 1.82) is 0 Å². The molecule has 2 aromatic rings. The Hall–Kier alpha value is -2.16. The maximum Gasteiger partial charge on any atom is 0.150 e. The number of nitrogens with two attached hydrogens (primary N) is 2. The molecule has 0 aliphatic carbocycles. The first-order chi connectivity index (χ1) is 14.7. The van der Waals surface area contributed by atoms with E-state index in [-0.39, 0.29) is 0 Å². The van der Waals surface area contributed by atoms with Gasteiger partial charge in [0.05, 0.1) is 5.69 Å². The highest BCUT2D eigenvalue weighted by atomic mass is 16.5. The van der Waals surface area contributed by atoms with Crippen LogP contribution < -0.4 is 16.2 Å². The molecular weight excluding hydrogens is 368 g/mol. The third-order valence-electron chi connectivity index (χ3n) is 5.73. The van der Waals surface area contributed by atoms with Gasteiger partial charge in [0.15, 0.2) is 0 Å². The summed E-state index contributed by atoms with van der Waals surface area (Å²) in [6, 6.07) is 13.7. The van der Waals surface area contributed by atoms with Gasteiger partial charge in [0.2, 0.25) is 0 Å². The number of hydrogen-bond acceptors (Lipinski definition) is 3. The van der Waals surface area contributed by atoms with Crippen molar-refractivity contribution in [2.24, 2.45) is 0 Å².